The molecule has 4 heteroatoms. The fourth-order valence-electron chi connectivity index (χ4n) is 2.39. The zero-order chi connectivity index (χ0) is 12.3. The van der Waals surface area contributed by atoms with Crippen molar-refractivity contribution in [3.05, 3.63) is 12.2 Å². The van der Waals surface area contributed by atoms with E-state index in [4.69, 9.17) is 18.9 Å². The molecule has 2 saturated heterocycles. The number of epoxide rings is 2. The van der Waals surface area contributed by atoms with Gasteiger partial charge in [0.25, 0.3) is 0 Å². The monoisotopic (exact) mass is 254 g/mol. The van der Waals surface area contributed by atoms with Crippen molar-refractivity contribution in [1.29, 1.82) is 0 Å². The van der Waals surface area contributed by atoms with E-state index in [1.54, 1.807) is 0 Å². The first-order valence-electron chi connectivity index (χ1n) is 6.90. The Balaban J connectivity index is 1.43. The molecule has 1 aliphatic carbocycles. The van der Waals surface area contributed by atoms with Crippen LogP contribution in [-0.4, -0.2) is 51.8 Å². The molecule has 0 aromatic carbocycles. The Labute approximate surface area is 108 Å². The van der Waals surface area contributed by atoms with Crippen molar-refractivity contribution in [3.8, 4) is 0 Å². The molecular weight excluding hydrogens is 232 g/mol. The predicted molar refractivity (Wildman–Crippen MR) is 66.5 cm³/mol. The molecule has 2 heterocycles. The number of ether oxygens (including phenoxy) is 4. The van der Waals surface area contributed by atoms with Gasteiger partial charge < -0.3 is 18.9 Å². The highest BCUT2D eigenvalue weighted by Crippen LogP contribution is 2.34. The van der Waals surface area contributed by atoms with E-state index in [1.807, 2.05) is 0 Å². The number of rotatable bonds is 8. The minimum absolute atomic E-state index is 0.165. The van der Waals surface area contributed by atoms with Gasteiger partial charge >= 0.3 is 0 Å². The lowest BCUT2D eigenvalue weighted by Crippen LogP contribution is -2.34. The smallest absolute Gasteiger partial charge is 0.104 e. The summed E-state index contributed by atoms with van der Waals surface area (Å²) >= 11 is 0. The lowest BCUT2D eigenvalue weighted by molar-refractivity contribution is -0.0332. The Kier molecular flexibility index (Phi) is 3.99. The van der Waals surface area contributed by atoms with Crippen LogP contribution in [0.1, 0.15) is 19.3 Å². The van der Waals surface area contributed by atoms with E-state index in [-0.39, 0.29) is 5.41 Å². The quantitative estimate of drug-likeness (QED) is 0.487. The van der Waals surface area contributed by atoms with Crippen LogP contribution in [0.4, 0.5) is 0 Å². The summed E-state index contributed by atoms with van der Waals surface area (Å²) in [5.41, 5.74) is 0.165. The van der Waals surface area contributed by atoms with Gasteiger partial charge in [0, 0.05) is 5.41 Å². The topological polar surface area (TPSA) is 43.5 Å². The lowest BCUT2D eigenvalue weighted by Gasteiger charge is -2.34. The van der Waals surface area contributed by atoms with E-state index < -0.39 is 0 Å². The fraction of sp³-hybridized carbons (Fsp3) is 0.857. The second-order valence-corrected chi connectivity index (χ2v) is 5.66. The van der Waals surface area contributed by atoms with Crippen molar-refractivity contribution in [2.75, 3.05) is 39.6 Å². The highest BCUT2D eigenvalue weighted by Gasteiger charge is 2.33. The standard InChI is InChI=1S/C14H22O4/c1-2-4-14(5-3-1,10-15-6-12-8-17-12)11-16-7-13-9-18-13/h1-2,12-13H,3-11H2. The van der Waals surface area contributed by atoms with E-state index in [2.05, 4.69) is 12.2 Å². The first-order chi connectivity index (χ1) is 8.86. The Hall–Kier alpha value is -0.420. The average Bonchev–Trinajstić information content (AvgIpc) is 3.25. The van der Waals surface area contributed by atoms with Gasteiger partial charge in [0.1, 0.15) is 12.2 Å². The van der Waals surface area contributed by atoms with Crippen molar-refractivity contribution in [2.45, 2.75) is 31.5 Å². The number of hydrogen-bond acceptors (Lipinski definition) is 4. The zero-order valence-corrected chi connectivity index (χ0v) is 10.8. The number of allylic oxidation sites excluding steroid dienone is 2. The molecule has 3 rings (SSSR count). The van der Waals surface area contributed by atoms with Gasteiger partial charge in [0.2, 0.25) is 0 Å². The van der Waals surface area contributed by atoms with E-state index in [0.717, 1.165) is 58.9 Å². The summed E-state index contributed by atoms with van der Waals surface area (Å²) in [7, 11) is 0. The minimum Gasteiger partial charge on any atom is -0.378 e. The molecule has 0 saturated carbocycles. The summed E-state index contributed by atoms with van der Waals surface area (Å²) < 4.78 is 21.9. The van der Waals surface area contributed by atoms with Crippen molar-refractivity contribution >= 4 is 0 Å². The second-order valence-electron chi connectivity index (χ2n) is 5.66. The maximum atomic E-state index is 5.80. The van der Waals surface area contributed by atoms with Crippen LogP contribution in [0.15, 0.2) is 12.2 Å². The van der Waals surface area contributed by atoms with Gasteiger partial charge in [-0.2, -0.15) is 0 Å². The van der Waals surface area contributed by atoms with Gasteiger partial charge in [-0.25, -0.2) is 0 Å². The molecule has 2 fully saturated rings. The molecule has 18 heavy (non-hydrogen) atoms. The molecule has 0 bridgehead atoms. The minimum atomic E-state index is 0.165. The van der Waals surface area contributed by atoms with Gasteiger partial charge in [0.05, 0.1) is 39.6 Å². The molecule has 2 aliphatic heterocycles. The first-order valence-corrected chi connectivity index (χ1v) is 6.90. The van der Waals surface area contributed by atoms with Crippen LogP contribution in [0.25, 0.3) is 0 Å². The fourth-order valence-corrected chi connectivity index (χ4v) is 2.39. The van der Waals surface area contributed by atoms with E-state index in [0.29, 0.717) is 12.2 Å². The molecule has 0 spiro atoms. The molecule has 0 aromatic rings. The molecule has 0 aromatic heterocycles. The predicted octanol–water partition coefficient (Wildman–Crippen LogP) is 1.54. The molecule has 2 atom stereocenters. The van der Waals surface area contributed by atoms with Gasteiger partial charge in [-0.05, 0) is 19.3 Å². The second kappa shape index (κ2) is 5.70. The maximum Gasteiger partial charge on any atom is 0.104 e. The SMILES string of the molecule is C1=CCC(COCC2CO2)(COCC2CO2)CC1. The molecule has 102 valence electrons. The molecule has 4 nitrogen and oxygen atoms in total. The van der Waals surface area contributed by atoms with Crippen molar-refractivity contribution in [1.82, 2.24) is 0 Å². The van der Waals surface area contributed by atoms with Crippen LogP contribution in [0.3, 0.4) is 0 Å². The van der Waals surface area contributed by atoms with E-state index in [1.165, 1.54) is 0 Å². The van der Waals surface area contributed by atoms with Crippen LogP contribution >= 0.6 is 0 Å². The average molecular weight is 254 g/mol. The van der Waals surface area contributed by atoms with Gasteiger partial charge in [-0.3, -0.25) is 0 Å². The third kappa shape index (κ3) is 3.79. The molecule has 2 unspecified atom stereocenters. The Morgan fingerprint density at radius 1 is 1.00 bits per heavy atom. The normalized spacial score (nSPS) is 37.8. The Morgan fingerprint density at radius 2 is 1.61 bits per heavy atom. The lowest BCUT2D eigenvalue weighted by atomic mass is 9.78. The van der Waals surface area contributed by atoms with E-state index in [9.17, 15) is 0 Å². The van der Waals surface area contributed by atoms with Crippen LogP contribution < -0.4 is 0 Å². The van der Waals surface area contributed by atoms with Crippen LogP contribution in [0, 0.1) is 5.41 Å². The highest BCUT2D eigenvalue weighted by molar-refractivity contribution is 4.98. The third-order valence-electron chi connectivity index (χ3n) is 3.79. The van der Waals surface area contributed by atoms with Gasteiger partial charge in [-0.1, -0.05) is 12.2 Å². The van der Waals surface area contributed by atoms with Crippen molar-refractivity contribution in [2.24, 2.45) is 5.41 Å². The largest absolute Gasteiger partial charge is 0.378 e. The Morgan fingerprint density at radius 3 is 2.06 bits per heavy atom. The van der Waals surface area contributed by atoms with Crippen LogP contribution in [-0.2, 0) is 18.9 Å². The molecular formula is C14H22O4. The third-order valence-corrected chi connectivity index (χ3v) is 3.79. The number of hydrogen-bond donors (Lipinski definition) is 0. The van der Waals surface area contributed by atoms with Crippen LogP contribution in [0.5, 0.6) is 0 Å². The van der Waals surface area contributed by atoms with E-state index >= 15 is 0 Å². The van der Waals surface area contributed by atoms with Gasteiger partial charge in [-0.15, -0.1) is 0 Å². The summed E-state index contributed by atoms with van der Waals surface area (Å²) in [5, 5.41) is 0. The molecule has 3 aliphatic rings. The van der Waals surface area contributed by atoms with Crippen LogP contribution in [0.2, 0.25) is 0 Å². The zero-order valence-electron chi connectivity index (χ0n) is 10.8. The van der Waals surface area contributed by atoms with Crippen molar-refractivity contribution < 1.29 is 18.9 Å². The van der Waals surface area contributed by atoms with Gasteiger partial charge in [0.15, 0.2) is 0 Å². The maximum absolute atomic E-state index is 5.80. The first kappa shape index (κ1) is 12.6. The molecule has 0 amide bonds. The summed E-state index contributed by atoms with van der Waals surface area (Å²) in [4.78, 5) is 0. The van der Waals surface area contributed by atoms with Crippen molar-refractivity contribution in [3.63, 3.8) is 0 Å². The molecule has 0 N–H and O–H groups in total. The Bertz CT molecular complexity index is 276. The summed E-state index contributed by atoms with van der Waals surface area (Å²) in [6.07, 6.45) is 8.56. The highest BCUT2D eigenvalue weighted by atomic mass is 16.6. The molecule has 0 radical (unpaired) electrons. The summed E-state index contributed by atoms with van der Waals surface area (Å²) in [5.74, 6) is 0. The summed E-state index contributed by atoms with van der Waals surface area (Å²) in [6.45, 7) is 4.75. The summed E-state index contributed by atoms with van der Waals surface area (Å²) in [6, 6.07) is 0.